The Labute approximate surface area is 176 Å². The Morgan fingerprint density at radius 2 is 1.80 bits per heavy atom. The predicted octanol–water partition coefficient (Wildman–Crippen LogP) is 4.83. The highest BCUT2D eigenvalue weighted by Gasteiger charge is 2.12. The summed E-state index contributed by atoms with van der Waals surface area (Å²) in [4.78, 5) is 20.8. The van der Waals surface area contributed by atoms with Crippen LogP contribution in [0.15, 0.2) is 42.7 Å². The zero-order valence-electron chi connectivity index (χ0n) is 17.8. The zero-order chi connectivity index (χ0) is 21.7. The summed E-state index contributed by atoms with van der Waals surface area (Å²) in [6, 6.07) is 9.51. The molecule has 0 unspecified atom stereocenters. The van der Waals surface area contributed by atoms with Gasteiger partial charge in [0.05, 0.1) is 19.9 Å². The van der Waals surface area contributed by atoms with Crippen LogP contribution in [0.1, 0.15) is 22.4 Å². The number of aromatic nitrogens is 2. The van der Waals surface area contributed by atoms with Crippen LogP contribution in [0.3, 0.4) is 0 Å². The average molecular weight is 407 g/mol. The van der Waals surface area contributed by atoms with E-state index in [0.29, 0.717) is 17.3 Å². The number of amides is 1. The number of carbonyl (C=O) groups excluding carboxylic acids is 1. The van der Waals surface area contributed by atoms with Gasteiger partial charge in [0.2, 0.25) is 5.88 Å². The lowest BCUT2D eigenvalue weighted by molar-refractivity contribution is 0.153. The third kappa shape index (κ3) is 4.86. The van der Waals surface area contributed by atoms with Gasteiger partial charge in [-0.25, -0.2) is 9.78 Å². The molecule has 0 spiro atoms. The van der Waals surface area contributed by atoms with Crippen LogP contribution in [0.4, 0.5) is 10.5 Å². The summed E-state index contributed by atoms with van der Waals surface area (Å²) in [5.41, 5.74) is 5.95. The summed E-state index contributed by atoms with van der Waals surface area (Å²) in [5.74, 6) is 1.28. The first kappa shape index (κ1) is 21.1. The molecule has 7 heteroatoms. The SMILES string of the molecule is COc1cc(-c2cc(C)cc(NC(=O)OCc3ncc(C)c(OC)c3C)c2)ccn1. The molecular weight excluding hydrogens is 382 g/mol. The van der Waals surface area contributed by atoms with E-state index in [1.54, 1.807) is 26.6 Å². The number of carbonyl (C=O) groups is 1. The van der Waals surface area contributed by atoms with E-state index in [0.717, 1.165) is 33.6 Å². The lowest BCUT2D eigenvalue weighted by Crippen LogP contribution is -2.15. The normalized spacial score (nSPS) is 10.4. The van der Waals surface area contributed by atoms with Crippen LogP contribution < -0.4 is 14.8 Å². The molecule has 0 radical (unpaired) electrons. The van der Waals surface area contributed by atoms with Crippen LogP contribution in [-0.2, 0) is 11.3 Å². The molecule has 156 valence electrons. The average Bonchev–Trinajstić information content (AvgIpc) is 2.73. The molecule has 7 nitrogen and oxygen atoms in total. The second-order valence-electron chi connectivity index (χ2n) is 6.92. The van der Waals surface area contributed by atoms with Crippen LogP contribution in [0, 0.1) is 20.8 Å². The number of pyridine rings is 2. The van der Waals surface area contributed by atoms with E-state index in [2.05, 4.69) is 15.3 Å². The molecule has 1 amide bonds. The number of nitrogens with one attached hydrogen (secondary N) is 1. The molecule has 0 aliphatic rings. The summed E-state index contributed by atoms with van der Waals surface area (Å²) in [5, 5.41) is 2.78. The highest BCUT2D eigenvalue weighted by molar-refractivity contribution is 5.86. The summed E-state index contributed by atoms with van der Waals surface area (Å²) < 4.78 is 16.0. The summed E-state index contributed by atoms with van der Waals surface area (Å²) in [6.07, 6.45) is 2.83. The Morgan fingerprint density at radius 3 is 2.53 bits per heavy atom. The van der Waals surface area contributed by atoms with E-state index in [9.17, 15) is 4.79 Å². The third-order valence-corrected chi connectivity index (χ3v) is 4.69. The number of methoxy groups -OCH3 is 2. The van der Waals surface area contributed by atoms with Gasteiger partial charge in [0.25, 0.3) is 0 Å². The van der Waals surface area contributed by atoms with Crippen molar-refractivity contribution in [3.8, 4) is 22.8 Å². The van der Waals surface area contributed by atoms with Gasteiger partial charge >= 0.3 is 6.09 Å². The Morgan fingerprint density at radius 1 is 1.00 bits per heavy atom. The van der Waals surface area contributed by atoms with Crippen LogP contribution in [0.2, 0.25) is 0 Å². The van der Waals surface area contributed by atoms with E-state index in [1.165, 1.54) is 0 Å². The van der Waals surface area contributed by atoms with Gasteiger partial charge in [0.15, 0.2) is 0 Å². The van der Waals surface area contributed by atoms with Crippen molar-refractivity contribution in [3.63, 3.8) is 0 Å². The molecule has 30 heavy (non-hydrogen) atoms. The molecule has 3 rings (SSSR count). The van der Waals surface area contributed by atoms with Gasteiger partial charge in [-0.3, -0.25) is 10.3 Å². The van der Waals surface area contributed by atoms with Crippen molar-refractivity contribution in [2.24, 2.45) is 0 Å². The van der Waals surface area contributed by atoms with Gasteiger partial charge in [-0.05, 0) is 55.7 Å². The topological polar surface area (TPSA) is 82.6 Å². The van der Waals surface area contributed by atoms with Crippen molar-refractivity contribution < 1.29 is 19.0 Å². The van der Waals surface area contributed by atoms with Gasteiger partial charge in [0.1, 0.15) is 12.4 Å². The Hall–Kier alpha value is -3.61. The van der Waals surface area contributed by atoms with Crippen LogP contribution >= 0.6 is 0 Å². The predicted molar refractivity (Wildman–Crippen MR) is 115 cm³/mol. The van der Waals surface area contributed by atoms with Crippen LogP contribution in [0.5, 0.6) is 11.6 Å². The minimum Gasteiger partial charge on any atom is -0.496 e. The fraction of sp³-hybridized carbons (Fsp3) is 0.261. The molecule has 0 aliphatic heterocycles. The molecule has 2 aromatic heterocycles. The number of ether oxygens (including phenoxy) is 3. The maximum Gasteiger partial charge on any atom is 0.412 e. The van der Waals surface area contributed by atoms with Gasteiger partial charge < -0.3 is 14.2 Å². The maximum absolute atomic E-state index is 12.4. The summed E-state index contributed by atoms with van der Waals surface area (Å²) in [7, 11) is 3.19. The Bertz CT molecular complexity index is 1070. The van der Waals surface area contributed by atoms with Crippen LogP contribution in [-0.4, -0.2) is 30.3 Å². The highest BCUT2D eigenvalue weighted by atomic mass is 16.5. The largest absolute Gasteiger partial charge is 0.496 e. The number of nitrogens with zero attached hydrogens (tertiary/aromatic N) is 2. The number of benzene rings is 1. The fourth-order valence-corrected chi connectivity index (χ4v) is 3.23. The molecule has 2 heterocycles. The van der Waals surface area contributed by atoms with Gasteiger partial charge in [-0.15, -0.1) is 0 Å². The number of rotatable bonds is 6. The summed E-state index contributed by atoms with van der Waals surface area (Å²) >= 11 is 0. The van der Waals surface area contributed by atoms with E-state index in [1.807, 2.05) is 51.1 Å². The second-order valence-corrected chi connectivity index (χ2v) is 6.92. The molecule has 3 aromatic rings. The van der Waals surface area contributed by atoms with Crippen LogP contribution in [0.25, 0.3) is 11.1 Å². The molecule has 0 saturated carbocycles. The van der Waals surface area contributed by atoms with E-state index in [4.69, 9.17) is 14.2 Å². The van der Waals surface area contributed by atoms with E-state index < -0.39 is 6.09 Å². The first-order valence-electron chi connectivity index (χ1n) is 9.46. The molecule has 0 fully saturated rings. The van der Waals surface area contributed by atoms with Crippen molar-refractivity contribution >= 4 is 11.8 Å². The molecule has 1 N–H and O–H groups in total. The maximum atomic E-state index is 12.4. The minimum atomic E-state index is -0.556. The molecule has 0 bridgehead atoms. The number of anilines is 1. The lowest BCUT2D eigenvalue weighted by Gasteiger charge is -2.13. The van der Waals surface area contributed by atoms with Crippen molar-refractivity contribution in [1.29, 1.82) is 0 Å². The first-order chi connectivity index (χ1) is 14.4. The molecule has 0 saturated heterocycles. The van der Waals surface area contributed by atoms with E-state index in [-0.39, 0.29) is 6.61 Å². The number of hydrogen-bond donors (Lipinski definition) is 1. The zero-order valence-corrected chi connectivity index (χ0v) is 17.8. The van der Waals surface area contributed by atoms with E-state index >= 15 is 0 Å². The van der Waals surface area contributed by atoms with Crippen molar-refractivity contribution in [2.45, 2.75) is 27.4 Å². The standard InChI is InChI=1S/C23H25N3O4/c1-14-8-18(17-6-7-24-21(11-17)28-4)10-19(9-14)26-23(27)30-13-20-16(3)22(29-5)15(2)12-25-20/h6-12H,13H2,1-5H3,(H,26,27). The monoisotopic (exact) mass is 407 g/mol. The van der Waals surface area contributed by atoms with Crippen molar-refractivity contribution in [1.82, 2.24) is 9.97 Å². The molecule has 0 atom stereocenters. The fourth-order valence-electron chi connectivity index (χ4n) is 3.23. The number of aryl methyl sites for hydroxylation is 2. The van der Waals surface area contributed by atoms with Crippen molar-refractivity contribution in [3.05, 3.63) is 65.1 Å². The van der Waals surface area contributed by atoms with Gasteiger partial charge in [-0.1, -0.05) is 6.07 Å². The molecular formula is C23H25N3O4. The van der Waals surface area contributed by atoms with Gasteiger partial charge in [0, 0.05) is 35.3 Å². The molecule has 1 aromatic carbocycles. The third-order valence-electron chi connectivity index (χ3n) is 4.69. The minimum absolute atomic E-state index is 0.0501. The summed E-state index contributed by atoms with van der Waals surface area (Å²) in [6.45, 7) is 5.83. The highest BCUT2D eigenvalue weighted by Crippen LogP contribution is 2.27. The first-order valence-corrected chi connectivity index (χ1v) is 9.46. The van der Waals surface area contributed by atoms with Gasteiger partial charge in [-0.2, -0.15) is 0 Å². The Balaban J connectivity index is 1.72. The quantitative estimate of drug-likeness (QED) is 0.630. The number of hydrogen-bond acceptors (Lipinski definition) is 6. The Kier molecular flexibility index (Phi) is 6.51. The smallest absolute Gasteiger partial charge is 0.412 e. The second kappa shape index (κ2) is 9.26. The lowest BCUT2D eigenvalue weighted by atomic mass is 10.0. The van der Waals surface area contributed by atoms with Crippen molar-refractivity contribution in [2.75, 3.05) is 19.5 Å². The molecule has 0 aliphatic carbocycles.